The Morgan fingerprint density at radius 1 is 1.20 bits per heavy atom. The van der Waals surface area contributed by atoms with Gasteiger partial charge in [-0.05, 0) is 37.7 Å². The van der Waals surface area contributed by atoms with E-state index in [1.807, 2.05) is 17.0 Å². The van der Waals surface area contributed by atoms with E-state index in [2.05, 4.69) is 11.9 Å². The summed E-state index contributed by atoms with van der Waals surface area (Å²) in [5.41, 5.74) is 0. The molecular weight excluding hydrogens is 276 g/mol. The first kappa shape index (κ1) is 15.1. The van der Waals surface area contributed by atoms with Crippen molar-refractivity contribution >= 4 is 17.5 Å². The number of carbonyl (C=O) groups is 1. The Labute approximate surface area is 125 Å². The Hall–Kier alpha value is -1.26. The van der Waals surface area contributed by atoms with Crippen LogP contribution in [-0.2, 0) is 4.79 Å². The summed E-state index contributed by atoms with van der Waals surface area (Å²) < 4.78 is 5.58. The van der Waals surface area contributed by atoms with Crippen LogP contribution in [0.3, 0.4) is 0 Å². The van der Waals surface area contributed by atoms with E-state index in [0.717, 1.165) is 38.3 Å². The lowest BCUT2D eigenvalue weighted by Crippen LogP contribution is -2.47. The summed E-state index contributed by atoms with van der Waals surface area (Å²) >= 11 is 5.80. The van der Waals surface area contributed by atoms with E-state index in [0.29, 0.717) is 18.1 Å². The number of halogens is 1. The highest BCUT2D eigenvalue weighted by Gasteiger charge is 2.18. The molecule has 0 aliphatic carbocycles. The largest absolute Gasteiger partial charge is 0.494 e. The number of nitrogens with zero attached hydrogens (tertiary/aromatic N) is 2. The third kappa shape index (κ3) is 4.69. The molecule has 2 rings (SSSR count). The molecule has 1 aliphatic rings. The molecule has 110 valence electrons. The molecule has 0 spiro atoms. The number of hydrogen-bond acceptors (Lipinski definition) is 3. The van der Waals surface area contributed by atoms with Gasteiger partial charge < -0.3 is 14.5 Å². The van der Waals surface area contributed by atoms with Crippen LogP contribution in [0.25, 0.3) is 0 Å². The van der Waals surface area contributed by atoms with Gasteiger partial charge in [-0.1, -0.05) is 11.6 Å². The quantitative estimate of drug-likeness (QED) is 0.782. The lowest BCUT2D eigenvalue weighted by molar-refractivity contribution is -0.133. The van der Waals surface area contributed by atoms with Gasteiger partial charge >= 0.3 is 0 Å². The zero-order chi connectivity index (χ0) is 14.4. The van der Waals surface area contributed by atoms with Gasteiger partial charge in [-0.3, -0.25) is 4.79 Å². The second kappa shape index (κ2) is 7.50. The number of ether oxygens (including phenoxy) is 1. The van der Waals surface area contributed by atoms with Crippen molar-refractivity contribution < 1.29 is 9.53 Å². The summed E-state index contributed by atoms with van der Waals surface area (Å²) in [6, 6.07) is 7.27. The van der Waals surface area contributed by atoms with Gasteiger partial charge in [0.1, 0.15) is 5.75 Å². The fourth-order valence-corrected chi connectivity index (χ4v) is 2.28. The molecule has 0 radical (unpaired) electrons. The van der Waals surface area contributed by atoms with Crippen molar-refractivity contribution in [2.75, 3.05) is 39.8 Å². The van der Waals surface area contributed by atoms with Crippen LogP contribution in [0.1, 0.15) is 12.8 Å². The highest BCUT2D eigenvalue weighted by atomic mass is 35.5. The second-order valence-electron chi connectivity index (χ2n) is 5.09. The van der Waals surface area contributed by atoms with E-state index in [9.17, 15) is 4.79 Å². The summed E-state index contributed by atoms with van der Waals surface area (Å²) in [4.78, 5) is 16.2. The maximum absolute atomic E-state index is 12.0. The molecule has 20 heavy (non-hydrogen) atoms. The van der Waals surface area contributed by atoms with Crippen molar-refractivity contribution in [2.24, 2.45) is 0 Å². The van der Waals surface area contributed by atoms with Crippen molar-refractivity contribution in [3.63, 3.8) is 0 Å². The molecule has 1 heterocycles. The molecule has 0 unspecified atom stereocenters. The molecule has 0 bridgehead atoms. The smallest absolute Gasteiger partial charge is 0.222 e. The van der Waals surface area contributed by atoms with Crippen molar-refractivity contribution in [3.8, 4) is 5.75 Å². The Bertz CT molecular complexity index is 428. The fraction of sp³-hybridized carbons (Fsp3) is 0.533. The van der Waals surface area contributed by atoms with Gasteiger partial charge in [0.25, 0.3) is 0 Å². The molecule has 0 N–H and O–H groups in total. The predicted octanol–water partition coefficient (Wildman–Crippen LogP) is 2.27. The maximum atomic E-state index is 12.0. The van der Waals surface area contributed by atoms with Crippen molar-refractivity contribution in [1.82, 2.24) is 9.80 Å². The van der Waals surface area contributed by atoms with E-state index in [1.54, 1.807) is 12.1 Å². The van der Waals surface area contributed by atoms with E-state index in [1.165, 1.54) is 0 Å². The molecule has 1 amide bonds. The highest BCUT2D eigenvalue weighted by molar-refractivity contribution is 6.30. The first-order chi connectivity index (χ1) is 9.65. The second-order valence-corrected chi connectivity index (χ2v) is 5.53. The number of rotatable bonds is 5. The van der Waals surface area contributed by atoms with E-state index in [-0.39, 0.29) is 5.91 Å². The summed E-state index contributed by atoms with van der Waals surface area (Å²) in [5, 5.41) is 0.697. The molecule has 1 aromatic rings. The van der Waals surface area contributed by atoms with Crippen LogP contribution in [-0.4, -0.2) is 55.5 Å². The predicted molar refractivity (Wildman–Crippen MR) is 80.3 cm³/mol. The number of benzene rings is 1. The summed E-state index contributed by atoms with van der Waals surface area (Å²) in [5.74, 6) is 1.03. The number of likely N-dealkylation sites (N-methyl/N-ethyl adjacent to an activating group) is 1. The van der Waals surface area contributed by atoms with Gasteiger partial charge in [-0.15, -0.1) is 0 Å². The fourth-order valence-electron chi connectivity index (χ4n) is 2.16. The van der Waals surface area contributed by atoms with Crippen molar-refractivity contribution in [2.45, 2.75) is 12.8 Å². The van der Waals surface area contributed by atoms with Gasteiger partial charge in [0.05, 0.1) is 6.61 Å². The van der Waals surface area contributed by atoms with E-state index in [4.69, 9.17) is 16.3 Å². The lowest BCUT2D eigenvalue weighted by Gasteiger charge is -2.32. The number of amides is 1. The van der Waals surface area contributed by atoms with Gasteiger partial charge in [0.2, 0.25) is 5.91 Å². The Balaban J connectivity index is 1.63. The average Bonchev–Trinajstić information content (AvgIpc) is 2.46. The van der Waals surface area contributed by atoms with E-state index >= 15 is 0 Å². The number of carbonyl (C=O) groups excluding carboxylic acids is 1. The minimum absolute atomic E-state index is 0.234. The van der Waals surface area contributed by atoms with Gasteiger partial charge in [-0.2, -0.15) is 0 Å². The van der Waals surface area contributed by atoms with Crippen LogP contribution >= 0.6 is 11.6 Å². The summed E-state index contributed by atoms with van der Waals surface area (Å²) in [6.07, 6.45) is 1.30. The van der Waals surface area contributed by atoms with Crippen LogP contribution in [0.5, 0.6) is 5.75 Å². The highest BCUT2D eigenvalue weighted by Crippen LogP contribution is 2.15. The molecule has 0 saturated carbocycles. The third-order valence-corrected chi connectivity index (χ3v) is 3.73. The molecule has 1 fully saturated rings. The zero-order valence-electron chi connectivity index (χ0n) is 11.8. The first-order valence-electron chi connectivity index (χ1n) is 7.00. The average molecular weight is 297 g/mol. The van der Waals surface area contributed by atoms with Crippen LogP contribution in [0.15, 0.2) is 24.3 Å². The topological polar surface area (TPSA) is 32.8 Å². The summed E-state index contributed by atoms with van der Waals surface area (Å²) in [7, 11) is 2.09. The lowest BCUT2D eigenvalue weighted by atomic mass is 10.2. The van der Waals surface area contributed by atoms with Crippen molar-refractivity contribution in [1.29, 1.82) is 0 Å². The molecule has 1 saturated heterocycles. The normalized spacial score (nSPS) is 16.2. The Morgan fingerprint density at radius 3 is 2.50 bits per heavy atom. The van der Waals surface area contributed by atoms with Crippen LogP contribution in [0, 0.1) is 0 Å². The van der Waals surface area contributed by atoms with Gasteiger partial charge in [0.15, 0.2) is 0 Å². The number of hydrogen-bond donors (Lipinski definition) is 0. The number of piperazine rings is 1. The van der Waals surface area contributed by atoms with Gasteiger partial charge in [-0.25, -0.2) is 0 Å². The SMILES string of the molecule is CN1CCN(C(=O)CCCOc2ccc(Cl)cc2)CC1. The standard InChI is InChI=1S/C15H21ClN2O2/c1-17-8-10-18(11-9-17)15(19)3-2-12-20-14-6-4-13(16)5-7-14/h4-7H,2-3,8-12H2,1H3. The zero-order valence-corrected chi connectivity index (χ0v) is 12.6. The molecular formula is C15H21ClN2O2. The van der Waals surface area contributed by atoms with Crippen LogP contribution in [0.4, 0.5) is 0 Å². The van der Waals surface area contributed by atoms with Gasteiger partial charge in [0, 0.05) is 37.6 Å². The molecule has 0 aromatic heterocycles. The minimum atomic E-state index is 0.234. The Morgan fingerprint density at radius 2 is 1.85 bits per heavy atom. The molecule has 5 heteroatoms. The summed E-state index contributed by atoms with van der Waals surface area (Å²) in [6.45, 7) is 4.17. The minimum Gasteiger partial charge on any atom is -0.494 e. The first-order valence-corrected chi connectivity index (χ1v) is 7.37. The van der Waals surface area contributed by atoms with Crippen LogP contribution in [0.2, 0.25) is 5.02 Å². The molecule has 0 atom stereocenters. The molecule has 4 nitrogen and oxygen atoms in total. The van der Waals surface area contributed by atoms with Crippen molar-refractivity contribution in [3.05, 3.63) is 29.3 Å². The Kier molecular flexibility index (Phi) is 5.68. The molecule has 1 aliphatic heterocycles. The van der Waals surface area contributed by atoms with E-state index < -0.39 is 0 Å². The third-order valence-electron chi connectivity index (χ3n) is 3.47. The maximum Gasteiger partial charge on any atom is 0.222 e. The van der Waals surface area contributed by atoms with Crippen LogP contribution < -0.4 is 4.74 Å². The monoisotopic (exact) mass is 296 g/mol. The molecule has 1 aromatic carbocycles.